The molecule has 1 heterocycles. The first-order valence-electron chi connectivity index (χ1n) is 9.75. The normalized spacial score (nSPS) is 12.0. The minimum absolute atomic E-state index is 0. The number of hydrogen-bond acceptors (Lipinski definition) is 4. The summed E-state index contributed by atoms with van der Waals surface area (Å²) in [5, 5.41) is 15.3. The van der Waals surface area contributed by atoms with Gasteiger partial charge in [0, 0.05) is 20.1 Å². The highest BCUT2D eigenvalue weighted by molar-refractivity contribution is 14.0. The van der Waals surface area contributed by atoms with Crippen molar-refractivity contribution in [3.05, 3.63) is 11.6 Å². The third-order valence-electron chi connectivity index (χ3n) is 4.57. The second-order valence-electron chi connectivity index (χ2n) is 7.64. The van der Waals surface area contributed by atoms with Crippen molar-refractivity contribution in [3.8, 4) is 0 Å². The summed E-state index contributed by atoms with van der Waals surface area (Å²) >= 11 is 1.88. The molecule has 1 aromatic heterocycles. The lowest BCUT2D eigenvalue weighted by atomic mass is 9.87. The Labute approximate surface area is 187 Å². The van der Waals surface area contributed by atoms with Gasteiger partial charge in [-0.3, -0.25) is 0 Å². The topological polar surface area (TPSA) is 67.1 Å². The Morgan fingerprint density at radius 2 is 1.93 bits per heavy atom. The summed E-state index contributed by atoms with van der Waals surface area (Å²) in [4.78, 5) is 4.73. The molecule has 0 aromatic carbocycles. The second-order valence-corrected chi connectivity index (χ2v) is 8.62. The maximum absolute atomic E-state index is 4.73. The molecular weight excluding hydrogens is 471 g/mol. The van der Waals surface area contributed by atoms with E-state index in [1.165, 1.54) is 25.7 Å². The number of aromatic nitrogens is 3. The molecule has 8 heteroatoms. The van der Waals surface area contributed by atoms with Crippen LogP contribution in [0.1, 0.15) is 64.5 Å². The first-order chi connectivity index (χ1) is 12.4. The fraction of sp³-hybridized carbons (Fsp3) is 0.842. The lowest BCUT2D eigenvalue weighted by Gasteiger charge is -2.26. The molecule has 0 aliphatic carbocycles. The van der Waals surface area contributed by atoms with Crippen LogP contribution in [0.3, 0.4) is 0 Å². The van der Waals surface area contributed by atoms with Crippen LogP contribution < -0.4 is 10.6 Å². The van der Waals surface area contributed by atoms with Crippen LogP contribution in [0.4, 0.5) is 0 Å². The largest absolute Gasteiger partial charge is 0.356 e. The number of unbranched alkanes of at least 4 members (excludes halogenated alkanes) is 2. The lowest BCUT2D eigenvalue weighted by molar-refractivity contribution is 0.318. The van der Waals surface area contributed by atoms with Crippen LogP contribution in [0, 0.1) is 12.3 Å². The molecule has 1 aromatic rings. The van der Waals surface area contributed by atoms with Gasteiger partial charge in [-0.2, -0.15) is 11.8 Å². The van der Waals surface area contributed by atoms with Crippen molar-refractivity contribution in [1.29, 1.82) is 0 Å². The molecule has 0 amide bonds. The summed E-state index contributed by atoms with van der Waals surface area (Å²) in [6, 6.07) is 0. The number of rotatable bonds is 12. The van der Waals surface area contributed by atoms with Gasteiger partial charge in [-0.1, -0.05) is 40.0 Å². The number of halogens is 1. The van der Waals surface area contributed by atoms with Crippen molar-refractivity contribution in [2.24, 2.45) is 17.5 Å². The van der Waals surface area contributed by atoms with Crippen LogP contribution in [0.5, 0.6) is 0 Å². The molecule has 0 radical (unpaired) electrons. The molecule has 6 nitrogen and oxygen atoms in total. The first kappa shape index (κ1) is 26.5. The zero-order chi connectivity index (χ0) is 19.4. The number of aliphatic imine (C=N–C) groups is 1. The van der Waals surface area contributed by atoms with Crippen molar-refractivity contribution in [3.63, 3.8) is 0 Å². The lowest BCUT2D eigenvalue weighted by Crippen LogP contribution is -2.42. The van der Waals surface area contributed by atoms with Gasteiger partial charge in [-0.15, -0.1) is 34.2 Å². The standard InChI is InChI=1S/C19H38N6S.HI/c1-7-8-9-11-19(3,4)15-22-18(20-12-10-13-26-6)21-14-17-24-23-16(2)25(17)5;/h7-15H2,1-6H3,(H2,20,21,22);1H. The Kier molecular flexibility index (Phi) is 14.2. The van der Waals surface area contributed by atoms with Crippen molar-refractivity contribution in [2.45, 2.75) is 66.3 Å². The summed E-state index contributed by atoms with van der Waals surface area (Å²) in [6.07, 6.45) is 8.37. The first-order valence-corrected chi connectivity index (χ1v) is 11.1. The fourth-order valence-corrected chi connectivity index (χ4v) is 3.03. The van der Waals surface area contributed by atoms with Crippen LogP contribution in [0.2, 0.25) is 0 Å². The maximum atomic E-state index is 4.73. The molecule has 0 atom stereocenters. The number of nitrogens with one attached hydrogen (secondary N) is 2. The van der Waals surface area contributed by atoms with Gasteiger partial charge in [0.25, 0.3) is 0 Å². The van der Waals surface area contributed by atoms with Gasteiger partial charge in [-0.25, -0.2) is 4.99 Å². The fourth-order valence-electron chi connectivity index (χ4n) is 2.60. The monoisotopic (exact) mass is 510 g/mol. The van der Waals surface area contributed by atoms with Crippen molar-refractivity contribution in [2.75, 3.05) is 25.1 Å². The highest BCUT2D eigenvalue weighted by Gasteiger charge is 2.17. The summed E-state index contributed by atoms with van der Waals surface area (Å²) in [6.45, 7) is 11.2. The third-order valence-corrected chi connectivity index (χ3v) is 5.27. The zero-order valence-corrected chi connectivity index (χ0v) is 21.1. The van der Waals surface area contributed by atoms with Crippen LogP contribution in [-0.2, 0) is 13.6 Å². The summed E-state index contributed by atoms with van der Waals surface area (Å²) in [5.74, 6) is 3.82. The molecule has 2 N–H and O–H groups in total. The molecule has 1 rings (SSSR count). The van der Waals surface area contributed by atoms with Crippen LogP contribution >= 0.6 is 35.7 Å². The molecule has 0 bridgehead atoms. The second kappa shape index (κ2) is 14.5. The van der Waals surface area contributed by atoms with Gasteiger partial charge in [0.1, 0.15) is 12.4 Å². The molecule has 158 valence electrons. The quantitative estimate of drug-likeness (QED) is 0.192. The molecule has 0 saturated carbocycles. The van der Waals surface area contributed by atoms with Crippen LogP contribution in [0.15, 0.2) is 4.99 Å². The minimum Gasteiger partial charge on any atom is -0.356 e. The van der Waals surface area contributed by atoms with E-state index in [1.54, 1.807) is 0 Å². The van der Waals surface area contributed by atoms with E-state index in [0.29, 0.717) is 6.54 Å². The average Bonchev–Trinajstić information content (AvgIpc) is 2.92. The average molecular weight is 511 g/mol. The number of nitrogens with zero attached hydrogens (tertiary/aromatic N) is 4. The molecule has 0 aliphatic heterocycles. The van der Waals surface area contributed by atoms with Crippen molar-refractivity contribution in [1.82, 2.24) is 25.4 Å². The molecule has 0 aliphatic rings. The number of guanidine groups is 1. The molecule has 0 saturated heterocycles. The molecule has 0 fully saturated rings. The van der Waals surface area contributed by atoms with Crippen molar-refractivity contribution < 1.29 is 0 Å². The van der Waals surface area contributed by atoms with Gasteiger partial charge in [0.05, 0.1) is 0 Å². The Morgan fingerprint density at radius 1 is 1.19 bits per heavy atom. The number of thioether (sulfide) groups is 1. The van der Waals surface area contributed by atoms with Gasteiger partial charge >= 0.3 is 0 Å². The Morgan fingerprint density at radius 3 is 2.52 bits per heavy atom. The van der Waals surface area contributed by atoms with E-state index in [0.717, 1.165) is 42.9 Å². The van der Waals surface area contributed by atoms with Crippen LogP contribution in [0.25, 0.3) is 0 Å². The van der Waals surface area contributed by atoms with Gasteiger partial charge < -0.3 is 15.2 Å². The highest BCUT2D eigenvalue weighted by Crippen LogP contribution is 2.22. The van der Waals surface area contributed by atoms with Crippen LogP contribution in [-0.4, -0.2) is 45.8 Å². The highest BCUT2D eigenvalue weighted by atomic mass is 127. The number of aryl methyl sites for hydroxylation is 1. The van der Waals surface area contributed by atoms with E-state index in [2.05, 4.69) is 47.9 Å². The zero-order valence-electron chi connectivity index (χ0n) is 18.0. The van der Waals surface area contributed by atoms with E-state index in [9.17, 15) is 0 Å². The van der Waals surface area contributed by atoms with Gasteiger partial charge in [-0.05, 0) is 37.2 Å². The molecule has 27 heavy (non-hydrogen) atoms. The maximum Gasteiger partial charge on any atom is 0.191 e. The van der Waals surface area contributed by atoms with E-state index in [1.807, 2.05) is 30.3 Å². The van der Waals surface area contributed by atoms with E-state index < -0.39 is 0 Å². The number of hydrogen-bond donors (Lipinski definition) is 2. The van der Waals surface area contributed by atoms with E-state index in [4.69, 9.17) is 4.99 Å². The summed E-state index contributed by atoms with van der Waals surface area (Å²) in [7, 11) is 1.98. The predicted molar refractivity (Wildman–Crippen MR) is 129 cm³/mol. The third kappa shape index (κ3) is 11.2. The van der Waals surface area contributed by atoms with E-state index >= 15 is 0 Å². The van der Waals surface area contributed by atoms with Gasteiger partial charge in [0.15, 0.2) is 11.8 Å². The Bertz CT molecular complexity index is 544. The molecule has 0 unspecified atom stereocenters. The Balaban J connectivity index is 0.00000676. The Hall–Kier alpha value is -0.510. The van der Waals surface area contributed by atoms with E-state index in [-0.39, 0.29) is 29.4 Å². The van der Waals surface area contributed by atoms with Crippen molar-refractivity contribution >= 4 is 41.7 Å². The SMILES string of the molecule is CCCCCC(C)(C)CNC(=NCc1nnc(C)n1C)NCCCSC.I. The molecular formula is C19H39IN6S. The minimum atomic E-state index is 0. The summed E-state index contributed by atoms with van der Waals surface area (Å²) in [5.41, 5.74) is 0.262. The summed E-state index contributed by atoms with van der Waals surface area (Å²) < 4.78 is 1.99. The predicted octanol–water partition coefficient (Wildman–Crippen LogP) is 4.14. The van der Waals surface area contributed by atoms with Gasteiger partial charge in [0.2, 0.25) is 0 Å². The smallest absolute Gasteiger partial charge is 0.191 e. The molecule has 0 spiro atoms.